The lowest BCUT2D eigenvalue weighted by Crippen LogP contribution is -2.40. The summed E-state index contributed by atoms with van der Waals surface area (Å²) in [6.07, 6.45) is 4.65. The third-order valence-corrected chi connectivity index (χ3v) is 7.22. The average Bonchev–Trinajstić information content (AvgIpc) is 3.49. The number of nitrogens with one attached hydrogen (secondary N) is 2. The molecule has 1 saturated heterocycles. The fourth-order valence-corrected chi connectivity index (χ4v) is 4.84. The van der Waals surface area contributed by atoms with Crippen molar-refractivity contribution in [1.82, 2.24) is 15.2 Å². The molecule has 0 atom stereocenters. The van der Waals surface area contributed by atoms with Gasteiger partial charge in [-0.1, -0.05) is 17.7 Å². The minimum atomic E-state index is -0.0837. The zero-order valence-corrected chi connectivity index (χ0v) is 18.7. The van der Waals surface area contributed by atoms with Gasteiger partial charge in [0.2, 0.25) is 5.91 Å². The number of rotatable bonds is 6. The normalized spacial score (nSPS) is 17.1. The van der Waals surface area contributed by atoms with Crippen LogP contribution in [-0.2, 0) is 11.2 Å². The van der Waals surface area contributed by atoms with Gasteiger partial charge in [-0.15, -0.1) is 11.3 Å². The van der Waals surface area contributed by atoms with Gasteiger partial charge in [0.25, 0.3) is 0 Å². The van der Waals surface area contributed by atoms with E-state index in [1.54, 1.807) is 17.4 Å². The Kier molecular flexibility index (Phi) is 6.58. The lowest BCUT2D eigenvalue weighted by molar-refractivity contribution is -0.122. The molecule has 1 aromatic carbocycles. The van der Waals surface area contributed by atoms with E-state index < -0.39 is 0 Å². The first-order valence-corrected chi connectivity index (χ1v) is 11.8. The smallest absolute Gasteiger partial charge is 0.321 e. The van der Waals surface area contributed by atoms with Crippen LogP contribution >= 0.6 is 22.9 Å². The molecule has 4 rings (SSSR count). The Labute approximate surface area is 186 Å². The molecule has 1 aliphatic heterocycles. The van der Waals surface area contributed by atoms with Crippen molar-refractivity contribution in [3.05, 3.63) is 44.9 Å². The van der Waals surface area contributed by atoms with Gasteiger partial charge in [-0.2, -0.15) is 0 Å². The molecule has 0 bridgehead atoms. The zero-order chi connectivity index (χ0) is 21.1. The van der Waals surface area contributed by atoms with Gasteiger partial charge in [0, 0.05) is 54.0 Å². The molecule has 8 heteroatoms. The number of hydrogen-bond acceptors (Lipinski definition) is 4. The number of aromatic nitrogens is 1. The maximum absolute atomic E-state index is 12.6. The van der Waals surface area contributed by atoms with E-state index in [0.717, 1.165) is 54.1 Å². The maximum atomic E-state index is 12.6. The monoisotopic (exact) mass is 446 g/mol. The quantitative estimate of drug-likeness (QED) is 0.681. The topological polar surface area (TPSA) is 74.3 Å². The van der Waals surface area contributed by atoms with Gasteiger partial charge in [0.1, 0.15) is 0 Å². The molecule has 3 amide bonds. The first-order valence-electron chi connectivity index (χ1n) is 10.5. The predicted octanol–water partition coefficient (Wildman–Crippen LogP) is 4.59. The van der Waals surface area contributed by atoms with Crippen molar-refractivity contribution in [2.75, 3.05) is 25.0 Å². The van der Waals surface area contributed by atoms with Gasteiger partial charge >= 0.3 is 6.03 Å². The molecule has 1 saturated carbocycles. The highest BCUT2D eigenvalue weighted by atomic mass is 35.5. The Morgan fingerprint density at radius 1 is 1.23 bits per heavy atom. The second-order valence-corrected chi connectivity index (χ2v) is 9.44. The van der Waals surface area contributed by atoms with Crippen LogP contribution in [0, 0.1) is 12.8 Å². The van der Waals surface area contributed by atoms with Crippen molar-refractivity contribution < 1.29 is 9.59 Å². The second-order valence-electron chi connectivity index (χ2n) is 8.15. The van der Waals surface area contributed by atoms with Gasteiger partial charge in [-0.25, -0.2) is 9.78 Å². The summed E-state index contributed by atoms with van der Waals surface area (Å²) in [7, 11) is 0. The molecule has 2 fully saturated rings. The Balaban J connectivity index is 1.23. The molecule has 30 heavy (non-hydrogen) atoms. The number of urea groups is 1. The summed E-state index contributed by atoms with van der Waals surface area (Å²) in [6.45, 7) is 4.01. The van der Waals surface area contributed by atoms with Crippen LogP contribution < -0.4 is 10.6 Å². The summed E-state index contributed by atoms with van der Waals surface area (Å²) in [6, 6.07) is 5.48. The summed E-state index contributed by atoms with van der Waals surface area (Å²) in [5.41, 5.74) is 2.75. The van der Waals surface area contributed by atoms with Crippen molar-refractivity contribution in [1.29, 1.82) is 0 Å². The Bertz CT molecular complexity index is 920. The lowest BCUT2D eigenvalue weighted by Gasteiger charge is -2.31. The Hall–Kier alpha value is -2.12. The summed E-state index contributed by atoms with van der Waals surface area (Å²) < 4.78 is 0. The number of halogens is 1. The minimum absolute atomic E-state index is 0.0837. The molecule has 2 N–H and O–H groups in total. The zero-order valence-electron chi connectivity index (χ0n) is 17.1. The number of carbonyl (C=O) groups excluding carboxylic acids is 2. The van der Waals surface area contributed by atoms with E-state index >= 15 is 0 Å². The molecule has 0 radical (unpaired) electrons. The van der Waals surface area contributed by atoms with Crippen LogP contribution in [0.15, 0.2) is 23.6 Å². The number of piperidine rings is 1. The highest BCUT2D eigenvalue weighted by molar-refractivity contribution is 7.09. The van der Waals surface area contributed by atoms with Crippen LogP contribution in [0.2, 0.25) is 5.02 Å². The third-order valence-electron chi connectivity index (χ3n) is 5.75. The van der Waals surface area contributed by atoms with Gasteiger partial charge in [-0.05, 0) is 50.3 Å². The standard InChI is InChI=1S/C22H27ClN4O2S/c1-14-2-5-17(12-19(14)23)26-22(29)27-10-7-16(8-11-27)21-25-18(13-30-21)6-9-24-20(28)15-3-4-15/h2,5,12-13,15-16H,3-4,6-11H2,1H3,(H,24,28)(H,26,29). The summed E-state index contributed by atoms with van der Waals surface area (Å²) in [5, 5.41) is 9.82. The first kappa shape index (κ1) is 21.1. The number of aryl methyl sites for hydroxylation is 1. The van der Waals surface area contributed by atoms with E-state index in [2.05, 4.69) is 16.0 Å². The van der Waals surface area contributed by atoms with Crippen molar-refractivity contribution in [2.24, 2.45) is 5.92 Å². The van der Waals surface area contributed by atoms with Crippen molar-refractivity contribution in [2.45, 2.75) is 44.9 Å². The summed E-state index contributed by atoms with van der Waals surface area (Å²) in [5.74, 6) is 0.827. The van der Waals surface area contributed by atoms with Crippen LogP contribution in [0.3, 0.4) is 0 Å². The van der Waals surface area contributed by atoms with Crippen LogP contribution in [-0.4, -0.2) is 41.5 Å². The summed E-state index contributed by atoms with van der Waals surface area (Å²) >= 11 is 7.84. The number of benzene rings is 1. The third kappa shape index (κ3) is 5.32. The molecule has 1 aromatic heterocycles. The fourth-order valence-electron chi connectivity index (χ4n) is 3.63. The van der Waals surface area contributed by atoms with Crippen molar-refractivity contribution in [3.8, 4) is 0 Å². The predicted molar refractivity (Wildman–Crippen MR) is 120 cm³/mol. The minimum Gasteiger partial charge on any atom is -0.355 e. The van der Waals surface area contributed by atoms with Crippen LogP contribution in [0.4, 0.5) is 10.5 Å². The lowest BCUT2D eigenvalue weighted by atomic mass is 9.98. The molecule has 2 aliphatic rings. The molecule has 0 spiro atoms. The van der Waals surface area contributed by atoms with E-state index in [4.69, 9.17) is 16.6 Å². The average molecular weight is 447 g/mol. The Morgan fingerprint density at radius 3 is 2.70 bits per heavy atom. The molecule has 0 unspecified atom stereocenters. The molecule has 2 aromatic rings. The van der Waals surface area contributed by atoms with Crippen molar-refractivity contribution >= 4 is 40.6 Å². The number of carbonyl (C=O) groups is 2. The van der Waals surface area contributed by atoms with E-state index in [1.165, 1.54) is 0 Å². The molecular weight excluding hydrogens is 420 g/mol. The molecular formula is C22H27ClN4O2S. The maximum Gasteiger partial charge on any atom is 0.321 e. The van der Waals surface area contributed by atoms with E-state index in [1.807, 2.05) is 24.0 Å². The van der Waals surface area contributed by atoms with Crippen LogP contribution in [0.25, 0.3) is 0 Å². The molecule has 6 nitrogen and oxygen atoms in total. The van der Waals surface area contributed by atoms with Gasteiger partial charge in [0.15, 0.2) is 0 Å². The summed E-state index contributed by atoms with van der Waals surface area (Å²) in [4.78, 5) is 30.9. The largest absolute Gasteiger partial charge is 0.355 e. The van der Waals surface area contributed by atoms with E-state index in [0.29, 0.717) is 30.6 Å². The van der Waals surface area contributed by atoms with Crippen LogP contribution in [0.1, 0.15) is 47.9 Å². The number of thiazole rings is 1. The number of anilines is 1. The SMILES string of the molecule is Cc1ccc(NC(=O)N2CCC(c3nc(CCNC(=O)C4CC4)cs3)CC2)cc1Cl. The second kappa shape index (κ2) is 9.35. The first-order chi connectivity index (χ1) is 14.5. The number of nitrogens with zero attached hydrogens (tertiary/aromatic N) is 2. The molecule has 2 heterocycles. The number of likely N-dealkylation sites (tertiary alicyclic amines) is 1. The van der Waals surface area contributed by atoms with E-state index in [9.17, 15) is 9.59 Å². The van der Waals surface area contributed by atoms with Gasteiger partial charge < -0.3 is 15.5 Å². The fraction of sp³-hybridized carbons (Fsp3) is 0.500. The highest BCUT2D eigenvalue weighted by Gasteiger charge is 2.29. The van der Waals surface area contributed by atoms with Gasteiger partial charge in [-0.3, -0.25) is 4.79 Å². The van der Waals surface area contributed by atoms with E-state index in [-0.39, 0.29) is 17.9 Å². The molecule has 160 valence electrons. The Morgan fingerprint density at radius 2 is 2.00 bits per heavy atom. The van der Waals surface area contributed by atoms with Crippen molar-refractivity contribution in [3.63, 3.8) is 0 Å². The number of hydrogen-bond donors (Lipinski definition) is 2. The molecule has 1 aliphatic carbocycles. The highest BCUT2D eigenvalue weighted by Crippen LogP contribution is 2.31. The number of amides is 3. The van der Waals surface area contributed by atoms with Crippen LogP contribution in [0.5, 0.6) is 0 Å². The van der Waals surface area contributed by atoms with Gasteiger partial charge in [0.05, 0.1) is 10.7 Å².